The molecule has 1 heterocycles. The SMILES string of the molecule is [C-]#[N+]/C=C/c1cc(C)c(Nc2ccnc(Cl)n2)c(C)c1. The van der Waals surface area contributed by atoms with Gasteiger partial charge in [0.05, 0.1) is 6.57 Å². The summed E-state index contributed by atoms with van der Waals surface area (Å²) in [6.07, 6.45) is 4.85. The summed E-state index contributed by atoms with van der Waals surface area (Å²) in [7, 11) is 0. The van der Waals surface area contributed by atoms with E-state index in [2.05, 4.69) is 20.1 Å². The Hall–Kier alpha value is -2.38. The number of aromatic nitrogens is 2. The van der Waals surface area contributed by atoms with E-state index in [9.17, 15) is 0 Å². The second-order valence-electron chi connectivity index (χ2n) is 4.31. The zero-order valence-electron chi connectivity index (χ0n) is 11.2. The lowest BCUT2D eigenvalue weighted by Gasteiger charge is -2.13. The van der Waals surface area contributed by atoms with Crippen LogP contribution in [0.4, 0.5) is 11.5 Å². The first-order valence-corrected chi connectivity index (χ1v) is 6.38. The number of benzene rings is 1. The van der Waals surface area contributed by atoms with Crippen molar-refractivity contribution >= 4 is 29.2 Å². The highest BCUT2D eigenvalue weighted by molar-refractivity contribution is 6.28. The van der Waals surface area contributed by atoms with E-state index in [1.807, 2.05) is 26.0 Å². The van der Waals surface area contributed by atoms with Crippen LogP contribution in [0.3, 0.4) is 0 Å². The van der Waals surface area contributed by atoms with Gasteiger partial charge < -0.3 is 5.32 Å². The number of hydrogen-bond acceptors (Lipinski definition) is 3. The molecule has 20 heavy (non-hydrogen) atoms. The predicted octanol–water partition coefficient (Wildman–Crippen LogP) is 4.38. The minimum absolute atomic E-state index is 0.210. The molecular formula is C15H13ClN4. The fourth-order valence-electron chi connectivity index (χ4n) is 1.95. The Morgan fingerprint density at radius 3 is 2.60 bits per heavy atom. The second-order valence-corrected chi connectivity index (χ2v) is 4.65. The highest BCUT2D eigenvalue weighted by Gasteiger charge is 2.06. The smallest absolute Gasteiger partial charge is 0.224 e. The van der Waals surface area contributed by atoms with Crippen molar-refractivity contribution in [1.82, 2.24) is 9.97 Å². The van der Waals surface area contributed by atoms with Gasteiger partial charge in [-0.1, -0.05) is 18.2 Å². The molecule has 100 valence electrons. The maximum absolute atomic E-state index is 6.77. The standard InChI is InChI=1S/C15H13ClN4/c1-10-8-12(4-6-17-3)9-11(2)14(10)19-13-5-7-18-15(16)20-13/h4-9H,1-2H3,(H,18,19,20)/b6-4+. The summed E-state index contributed by atoms with van der Waals surface area (Å²) in [5.74, 6) is 0.653. The van der Waals surface area contributed by atoms with Gasteiger partial charge in [-0.25, -0.2) is 14.8 Å². The monoisotopic (exact) mass is 284 g/mol. The fraction of sp³-hybridized carbons (Fsp3) is 0.133. The van der Waals surface area contributed by atoms with E-state index in [1.165, 1.54) is 6.20 Å². The largest absolute Gasteiger partial charge is 0.340 e. The number of nitrogens with zero attached hydrogens (tertiary/aromatic N) is 3. The number of nitrogens with one attached hydrogen (secondary N) is 1. The Kier molecular flexibility index (Phi) is 4.34. The summed E-state index contributed by atoms with van der Waals surface area (Å²) in [5.41, 5.74) is 4.13. The molecule has 0 saturated carbocycles. The molecule has 0 saturated heterocycles. The third kappa shape index (κ3) is 3.34. The van der Waals surface area contributed by atoms with Gasteiger partial charge in [0.15, 0.2) is 6.20 Å². The first kappa shape index (κ1) is 14.0. The molecule has 0 aliphatic carbocycles. The van der Waals surface area contributed by atoms with Gasteiger partial charge in [0.2, 0.25) is 5.28 Å². The van der Waals surface area contributed by atoms with Crippen LogP contribution in [0.1, 0.15) is 16.7 Å². The van der Waals surface area contributed by atoms with E-state index >= 15 is 0 Å². The number of halogens is 1. The van der Waals surface area contributed by atoms with Crippen LogP contribution in [0, 0.1) is 20.4 Å². The molecule has 0 spiro atoms. The number of hydrogen-bond donors (Lipinski definition) is 1. The second kappa shape index (κ2) is 6.18. The Morgan fingerprint density at radius 2 is 2.00 bits per heavy atom. The topological polar surface area (TPSA) is 42.2 Å². The number of rotatable bonds is 3. The van der Waals surface area contributed by atoms with Crippen molar-refractivity contribution in [3.05, 3.63) is 64.0 Å². The minimum atomic E-state index is 0.210. The van der Waals surface area contributed by atoms with E-state index in [0.29, 0.717) is 5.82 Å². The average molecular weight is 285 g/mol. The van der Waals surface area contributed by atoms with Crippen molar-refractivity contribution in [3.8, 4) is 0 Å². The zero-order valence-corrected chi connectivity index (χ0v) is 11.9. The summed E-state index contributed by atoms with van der Waals surface area (Å²) in [5, 5.41) is 3.45. The maximum atomic E-state index is 6.77. The third-order valence-electron chi connectivity index (χ3n) is 2.78. The van der Waals surface area contributed by atoms with Crippen LogP contribution in [0.2, 0.25) is 5.28 Å². The fourth-order valence-corrected chi connectivity index (χ4v) is 2.09. The summed E-state index contributed by atoms with van der Waals surface area (Å²) >= 11 is 5.77. The minimum Gasteiger partial charge on any atom is -0.340 e. The van der Waals surface area contributed by atoms with Crippen LogP contribution in [0.5, 0.6) is 0 Å². The van der Waals surface area contributed by atoms with Gasteiger partial charge in [-0.2, -0.15) is 0 Å². The molecule has 0 aliphatic heterocycles. The Balaban J connectivity index is 2.34. The van der Waals surface area contributed by atoms with E-state index in [-0.39, 0.29) is 5.28 Å². The summed E-state index contributed by atoms with van der Waals surface area (Å²) in [4.78, 5) is 11.2. The summed E-state index contributed by atoms with van der Waals surface area (Å²) in [6.45, 7) is 10.8. The van der Waals surface area contributed by atoms with Gasteiger partial charge in [-0.05, 0) is 48.2 Å². The van der Waals surface area contributed by atoms with Crippen LogP contribution in [0.25, 0.3) is 10.9 Å². The van der Waals surface area contributed by atoms with Gasteiger partial charge >= 0.3 is 0 Å². The lowest BCUT2D eigenvalue weighted by molar-refractivity contribution is 1.16. The molecule has 1 aromatic heterocycles. The number of aryl methyl sites for hydroxylation is 2. The molecular weight excluding hydrogens is 272 g/mol. The Labute approximate surface area is 123 Å². The van der Waals surface area contributed by atoms with E-state index in [1.54, 1.807) is 18.3 Å². The molecule has 4 nitrogen and oxygen atoms in total. The Bertz CT molecular complexity index is 678. The summed E-state index contributed by atoms with van der Waals surface area (Å²) in [6, 6.07) is 5.79. The maximum Gasteiger partial charge on any atom is 0.224 e. The number of anilines is 2. The molecule has 2 rings (SSSR count). The van der Waals surface area contributed by atoms with Crippen LogP contribution < -0.4 is 5.32 Å². The van der Waals surface area contributed by atoms with Crippen LogP contribution in [-0.2, 0) is 0 Å². The molecule has 0 atom stereocenters. The van der Waals surface area contributed by atoms with Gasteiger partial charge in [0, 0.05) is 11.9 Å². The van der Waals surface area contributed by atoms with Crippen molar-refractivity contribution in [3.63, 3.8) is 0 Å². The molecule has 1 N–H and O–H groups in total. The van der Waals surface area contributed by atoms with Gasteiger partial charge in [0.1, 0.15) is 5.82 Å². The molecule has 1 aromatic carbocycles. The predicted molar refractivity (Wildman–Crippen MR) is 81.9 cm³/mol. The van der Waals surface area contributed by atoms with E-state index < -0.39 is 0 Å². The van der Waals surface area contributed by atoms with Crippen LogP contribution >= 0.6 is 11.6 Å². The molecule has 0 radical (unpaired) electrons. The quantitative estimate of drug-likeness (QED) is 0.672. The third-order valence-corrected chi connectivity index (χ3v) is 2.96. The van der Waals surface area contributed by atoms with Crippen molar-refractivity contribution in [1.29, 1.82) is 0 Å². The van der Waals surface area contributed by atoms with Gasteiger partial charge in [-0.3, -0.25) is 0 Å². The molecule has 0 aliphatic rings. The van der Waals surface area contributed by atoms with Crippen LogP contribution in [0.15, 0.2) is 30.6 Å². The summed E-state index contributed by atoms with van der Waals surface area (Å²) < 4.78 is 0. The van der Waals surface area contributed by atoms with E-state index in [4.69, 9.17) is 18.2 Å². The molecule has 0 amide bonds. The Morgan fingerprint density at radius 1 is 1.30 bits per heavy atom. The molecule has 2 aromatic rings. The van der Waals surface area contributed by atoms with Gasteiger partial charge in [-0.15, -0.1) is 0 Å². The van der Waals surface area contributed by atoms with Crippen molar-refractivity contribution in [2.75, 3.05) is 5.32 Å². The molecule has 0 unspecified atom stereocenters. The molecule has 5 heteroatoms. The van der Waals surface area contributed by atoms with E-state index in [0.717, 1.165) is 22.4 Å². The molecule has 0 fully saturated rings. The lowest BCUT2D eigenvalue weighted by atomic mass is 10.0. The van der Waals surface area contributed by atoms with Crippen molar-refractivity contribution in [2.45, 2.75) is 13.8 Å². The highest BCUT2D eigenvalue weighted by Crippen LogP contribution is 2.26. The lowest BCUT2D eigenvalue weighted by Crippen LogP contribution is -1.99. The normalized spacial score (nSPS) is 10.5. The average Bonchev–Trinajstić information content (AvgIpc) is 2.40. The highest BCUT2D eigenvalue weighted by atomic mass is 35.5. The van der Waals surface area contributed by atoms with Crippen LogP contribution in [-0.4, -0.2) is 9.97 Å². The van der Waals surface area contributed by atoms with Gasteiger partial charge in [0.25, 0.3) is 0 Å². The first-order chi connectivity index (χ1) is 9.60. The van der Waals surface area contributed by atoms with Crippen molar-refractivity contribution < 1.29 is 0 Å². The molecule has 0 bridgehead atoms. The zero-order chi connectivity index (χ0) is 14.5. The first-order valence-electron chi connectivity index (χ1n) is 6.00. The van der Waals surface area contributed by atoms with Crippen molar-refractivity contribution in [2.24, 2.45) is 0 Å².